The van der Waals surface area contributed by atoms with E-state index >= 15 is 0 Å². The second kappa shape index (κ2) is 16.2. The van der Waals surface area contributed by atoms with E-state index in [4.69, 9.17) is 4.42 Å². The Hall–Kier alpha value is -8.66. The Balaban J connectivity index is 0.991. The van der Waals surface area contributed by atoms with E-state index in [-0.39, 0.29) is 0 Å². The van der Waals surface area contributed by atoms with Crippen LogP contribution < -0.4 is 9.80 Å². The Morgan fingerprint density at radius 3 is 1.51 bits per heavy atom. The summed E-state index contributed by atoms with van der Waals surface area (Å²) in [6.45, 7) is 0. The summed E-state index contributed by atoms with van der Waals surface area (Å²) in [7, 11) is 0. The average molecular weight is 831 g/mol. The molecule has 65 heavy (non-hydrogen) atoms. The van der Waals surface area contributed by atoms with Crippen molar-refractivity contribution in [2.45, 2.75) is 0 Å². The number of nitrogens with zero attached hydrogens (tertiary/aromatic N) is 2. The molecular weight excluding hydrogens is 789 g/mol. The Bertz CT molecular complexity index is 3600. The zero-order valence-electron chi connectivity index (χ0n) is 35.6. The Morgan fingerprint density at radius 1 is 0.262 bits per heavy atom. The fourth-order valence-corrected chi connectivity index (χ4v) is 9.59. The number of furan rings is 1. The van der Waals surface area contributed by atoms with Crippen LogP contribution in [0.25, 0.3) is 76.9 Å². The van der Waals surface area contributed by atoms with Crippen molar-refractivity contribution in [3.8, 4) is 33.4 Å². The van der Waals surface area contributed by atoms with Gasteiger partial charge in [0.15, 0.2) is 0 Å². The highest BCUT2D eigenvalue weighted by molar-refractivity contribution is 6.15. The van der Waals surface area contributed by atoms with Gasteiger partial charge in [-0.05, 0) is 129 Å². The Labute approximate surface area is 378 Å². The molecule has 0 aliphatic rings. The minimum atomic E-state index is 0.896. The van der Waals surface area contributed by atoms with Crippen LogP contribution in [0, 0.1) is 0 Å². The lowest BCUT2D eigenvalue weighted by molar-refractivity contribution is 0.670. The van der Waals surface area contributed by atoms with Crippen molar-refractivity contribution < 1.29 is 4.42 Å². The lowest BCUT2D eigenvalue weighted by Gasteiger charge is -2.28. The molecule has 0 bridgehead atoms. The molecule has 0 saturated heterocycles. The van der Waals surface area contributed by atoms with Crippen LogP contribution in [-0.4, -0.2) is 0 Å². The highest BCUT2D eigenvalue weighted by Gasteiger charge is 2.21. The molecule has 0 radical (unpaired) electrons. The van der Waals surface area contributed by atoms with E-state index < -0.39 is 0 Å². The Morgan fingerprint density at radius 2 is 0.800 bits per heavy atom. The molecule has 306 valence electrons. The van der Waals surface area contributed by atoms with Crippen LogP contribution in [0.2, 0.25) is 0 Å². The first-order valence-electron chi connectivity index (χ1n) is 22.2. The quantitative estimate of drug-likeness (QED) is 0.135. The van der Waals surface area contributed by atoms with E-state index in [1.807, 2.05) is 12.1 Å². The van der Waals surface area contributed by atoms with Crippen molar-refractivity contribution in [3.05, 3.63) is 255 Å². The monoisotopic (exact) mass is 830 g/mol. The van der Waals surface area contributed by atoms with Crippen molar-refractivity contribution in [1.82, 2.24) is 0 Å². The molecule has 0 aliphatic heterocycles. The van der Waals surface area contributed by atoms with E-state index in [9.17, 15) is 0 Å². The summed E-state index contributed by atoms with van der Waals surface area (Å²) in [6, 6.07) is 91.3. The molecule has 12 rings (SSSR count). The SMILES string of the molecule is c1ccc(-c2cc(-c3cccc4c3oc3ccccc34)ccc2N(c2ccccc2)c2ccc(-c3cc4ccccc4c4cc(N(c5ccccc5)c5ccccc5)ccc34)cc2)cc1. The highest BCUT2D eigenvalue weighted by atomic mass is 16.3. The normalized spacial score (nSPS) is 11.4. The van der Waals surface area contributed by atoms with Crippen molar-refractivity contribution in [1.29, 1.82) is 0 Å². The van der Waals surface area contributed by atoms with Crippen LogP contribution in [0.1, 0.15) is 0 Å². The van der Waals surface area contributed by atoms with Crippen molar-refractivity contribution >= 4 is 77.6 Å². The number of anilines is 6. The fraction of sp³-hybridized carbons (Fsp3) is 0. The van der Waals surface area contributed by atoms with Gasteiger partial charge in [0.1, 0.15) is 11.2 Å². The van der Waals surface area contributed by atoms with Gasteiger partial charge in [-0.15, -0.1) is 0 Å². The number of hydrogen-bond acceptors (Lipinski definition) is 3. The summed E-state index contributed by atoms with van der Waals surface area (Å²) < 4.78 is 6.54. The molecule has 3 nitrogen and oxygen atoms in total. The molecule has 0 aliphatic carbocycles. The van der Waals surface area contributed by atoms with Gasteiger partial charge < -0.3 is 14.2 Å². The van der Waals surface area contributed by atoms with Crippen LogP contribution in [0.15, 0.2) is 259 Å². The van der Waals surface area contributed by atoms with Crippen molar-refractivity contribution in [2.75, 3.05) is 9.80 Å². The number of rotatable bonds is 9. The lowest BCUT2D eigenvalue weighted by Crippen LogP contribution is -2.11. The van der Waals surface area contributed by atoms with Crippen LogP contribution in [-0.2, 0) is 0 Å². The smallest absolute Gasteiger partial charge is 0.143 e. The minimum Gasteiger partial charge on any atom is -0.455 e. The van der Waals surface area contributed by atoms with Gasteiger partial charge in [-0.3, -0.25) is 0 Å². The number of para-hydroxylation sites is 5. The van der Waals surface area contributed by atoms with E-state index in [0.29, 0.717) is 0 Å². The second-order valence-electron chi connectivity index (χ2n) is 16.5. The van der Waals surface area contributed by atoms with E-state index in [1.54, 1.807) is 0 Å². The van der Waals surface area contributed by atoms with Gasteiger partial charge >= 0.3 is 0 Å². The lowest BCUT2D eigenvalue weighted by atomic mass is 9.92. The molecule has 12 aromatic rings. The van der Waals surface area contributed by atoms with Crippen LogP contribution in [0.4, 0.5) is 34.1 Å². The van der Waals surface area contributed by atoms with Gasteiger partial charge in [-0.25, -0.2) is 0 Å². The van der Waals surface area contributed by atoms with Crippen LogP contribution in [0.3, 0.4) is 0 Å². The maximum Gasteiger partial charge on any atom is 0.143 e. The molecule has 0 spiro atoms. The van der Waals surface area contributed by atoms with Crippen molar-refractivity contribution in [3.63, 3.8) is 0 Å². The molecule has 1 heterocycles. The maximum absolute atomic E-state index is 6.54. The molecule has 1 aromatic heterocycles. The van der Waals surface area contributed by atoms with Crippen LogP contribution >= 0.6 is 0 Å². The maximum atomic E-state index is 6.54. The van der Waals surface area contributed by atoms with Gasteiger partial charge in [-0.2, -0.15) is 0 Å². The standard InChI is InChI=1S/C62H42N2O/c1-5-18-43(19-6-1)58-41-46(53-29-17-30-56-55-28-15-16-31-61(55)65-62(53)56)34-39-60(58)64(49-25-11-4-12-26-49)50-35-32-44(33-36-50)57-40-45-20-13-14-27-52(45)59-42-51(37-38-54(57)59)63(47-21-7-2-8-22-47)48-23-9-3-10-24-48/h1-42H. The summed E-state index contributed by atoms with van der Waals surface area (Å²) >= 11 is 0. The second-order valence-corrected chi connectivity index (χ2v) is 16.5. The van der Waals surface area contributed by atoms with Crippen molar-refractivity contribution in [2.24, 2.45) is 0 Å². The van der Waals surface area contributed by atoms with Gasteiger partial charge in [0, 0.05) is 50.3 Å². The first-order valence-corrected chi connectivity index (χ1v) is 22.2. The largest absolute Gasteiger partial charge is 0.455 e. The number of benzene rings is 11. The number of hydrogen-bond donors (Lipinski definition) is 0. The molecule has 0 saturated carbocycles. The van der Waals surface area contributed by atoms with Crippen LogP contribution in [0.5, 0.6) is 0 Å². The van der Waals surface area contributed by atoms with E-state index in [0.717, 1.165) is 83.9 Å². The number of fused-ring (bicyclic) bond motifs is 6. The molecule has 3 heteroatoms. The first-order chi connectivity index (χ1) is 32.2. The third-order valence-electron chi connectivity index (χ3n) is 12.6. The molecule has 11 aromatic carbocycles. The summed E-state index contributed by atoms with van der Waals surface area (Å²) in [4.78, 5) is 4.72. The zero-order valence-corrected chi connectivity index (χ0v) is 35.6. The third kappa shape index (κ3) is 6.87. The molecular formula is C62H42N2O. The third-order valence-corrected chi connectivity index (χ3v) is 12.6. The first kappa shape index (κ1) is 38.0. The predicted molar refractivity (Wildman–Crippen MR) is 274 cm³/mol. The zero-order chi connectivity index (χ0) is 43.1. The van der Waals surface area contributed by atoms with E-state index in [2.05, 4.69) is 252 Å². The molecule has 0 fully saturated rings. The molecule has 0 unspecified atom stereocenters. The fourth-order valence-electron chi connectivity index (χ4n) is 9.59. The van der Waals surface area contributed by atoms with Gasteiger partial charge in [0.05, 0.1) is 5.69 Å². The van der Waals surface area contributed by atoms with E-state index in [1.165, 1.54) is 27.1 Å². The topological polar surface area (TPSA) is 19.6 Å². The summed E-state index contributed by atoms with van der Waals surface area (Å²) in [6.07, 6.45) is 0. The van der Waals surface area contributed by atoms with Gasteiger partial charge in [0.2, 0.25) is 0 Å². The average Bonchev–Trinajstić information content (AvgIpc) is 3.77. The molecule has 0 amide bonds. The minimum absolute atomic E-state index is 0.896. The summed E-state index contributed by atoms with van der Waals surface area (Å²) in [5.41, 5.74) is 15.2. The molecule has 0 N–H and O–H groups in total. The predicted octanol–water partition coefficient (Wildman–Crippen LogP) is 17.8. The summed E-state index contributed by atoms with van der Waals surface area (Å²) in [5, 5.41) is 7.11. The Kier molecular flexibility index (Phi) is 9.50. The van der Waals surface area contributed by atoms with Gasteiger partial charge in [0.25, 0.3) is 0 Å². The molecule has 0 atom stereocenters. The highest BCUT2D eigenvalue weighted by Crippen LogP contribution is 2.46. The van der Waals surface area contributed by atoms with Gasteiger partial charge in [-0.1, -0.05) is 170 Å². The summed E-state index contributed by atoms with van der Waals surface area (Å²) in [5.74, 6) is 0.